The maximum atomic E-state index is 10.9. The zero-order chi connectivity index (χ0) is 16.4. The van der Waals surface area contributed by atoms with Crippen LogP contribution in [0.2, 0.25) is 0 Å². The van der Waals surface area contributed by atoms with Gasteiger partial charge in [0.1, 0.15) is 5.60 Å². The molecule has 1 amide bonds. The first-order chi connectivity index (χ1) is 10.5. The molecule has 0 saturated carbocycles. The van der Waals surface area contributed by atoms with Gasteiger partial charge in [-0.2, -0.15) is 0 Å². The fourth-order valence-electron chi connectivity index (χ4n) is 2.45. The van der Waals surface area contributed by atoms with E-state index in [1.165, 1.54) is 6.92 Å². The van der Waals surface area contributed by atoms with Crippen molar-refractivity contribution in [3.63, 3.8) is 0 Å². The Morgan fingerprint density at radius 2 is 1.95 bits per heavy atom. The molecule has 0 spiro atoms. The molecular formula is C19H27NO2. The van der Waals surface area contributed by atoms with Crippen LogP contribution < -0.4 is 5.32 Å². The molecule has 3 nitrogen and oxygen atoms in total. The molecule has 1 aromatic rings. The summed E-state index contributed by atoms with van der Waals surface area (Å²) >= 11 is 0. The average molecular weight is 301 g/mol. The zero-order valence-corrected chi connectivity index (χ0v) is 13.9. The Labute approximate surface area is 134 Å². The van der Waals surface area contributed by atoms with Crippen molar-refractivity contribution in [3.8, 4) is 11.8 Å². The van der Waals surface area contributed by atoms with Crippen LogP contribution in [0.1, 0.15) is 57.6 Å². The van der Waals surface area contributed by atoms with Crippen molar-refractivity contribution in [2.75, 3.05) is 6.54 Å². The van der Waals surface area contributed by atoms with Gasteiger partial charge >= 0.3 is 0 Å². The number of aliphatic hydroxyl groups is 1. The Morgan fingerprint density at radius 3 is 2.55 bits per heavy atom. The lowest BCUT2D eigenvalue weighted by atomic mass is 9.93. The predicted octanol–water partition coefficient (Wildman–Crippen LogP) is 3.05. The Kier molecular flexibility index (Phi) is 7.70. The van der Waals surface area contributed by atoms with Crippen LogP contribution in [0.5, 0.6) is 0 Å². The molecule has 0 aromatic heterocycles. The third-order valence-corrected chi connectivity index (χ3v) is 3.48. The zero-order valence-electron chi connectivity index (χ0n) is 13.9. The van der Waals surface area contributed by atoms with E-state index in [4.69, 9.17) is 0 Å². The van der Waals surface area contributed by atoms with Crippen molar-refractivity contribution in [3.05, 3.63) is 35.4 Å². The molecule has 0 saturated heterocycles. The summed E-state index contributed by atoms with van der Waals surface area (Å²) in [6, 6.07) is 7.96. The van der Waals surface area contributed by atoms with Crippen LogP contribution in [0.4, 0.5) is 0 Å². The number of carbonyl (C=O) groups is 1. The maximum Gasteiger partial charge on any atom is 0.216 e. The second kappa shape index (κ2) is 9.27. The first-order valence-corrected chi connectivity index (χ1v) is 8.08. The Balaban J connectivity index is 2.77. The van der Waals surface area contributed by atoms with Crippen molar-refractivity contribution in [1.82, 2.24) is 5.32 Å². The molecule has 1 rings (SSSR count). The number of rotatable bonds is 7. The lowest BCUT2D eigenvalue weighted by molar-refractivity contribution is -0.118. The third kappa shape index (κ3) is 6.78. The number of benzene rings is 1. The van der Waals surface area contributed by atoms with Gasteiger partial charge in [-0.1, -0.05) is 50.7 Å². The van der Waals surface area contributed by atoms with Crippen LogP contribution in [-0.2, 0) is 11.2 Å². The smallest absolute Gasteiger partial charge is 0.216 e. The van der Waals surface area contributed by atoms with Crippen molar-refractivity contribution in [1.29, 1.82) is 0 Å². The minimum atomic E-state index is -0.879. The number of nitrogens with one attached hydrogen (secondary N) is 1. The normalized spacial score (nSPS) is 10.7. The monoisotopic (exact) mass is 301 g/mol. The number of hydrogen-bond donors (Lipinski definition) is 2. The van der Waals surface area contributed by atoms with Gasteiger partial charge in [-0.3, -0.25) is 4.79 Å². The summed E-state index contributed by atoms with van der Waals surface area (Å²) in [5.74, 6) is 6.14. The second-order valence-corrected chi connectivity index (χ2v) is 5.71. The van der Waals surface area contributed by atoms with Gasteiger partial charge in [0, 0.05) is 19.0 Å². The highest BCUT2D eigenvalue weighted by atomic mass is 16.3. The number of carbonyl (C=O) groups excluding carboxylic acids is 1. The molecule has 22 heavy (non-hydrogen) atoms. The molecule has 0 atom stereocenters. The van der Waals surface area contributed by atoms with Crippen molar-refractivity contribution in [2.24, 2.45) is 0 Å². The van der Waals surface area contributed by atoms with Gasteiger partial charge in [0.2, 0.25) is 5.91 Å². The first kappa shape index (κ1) is 18.3. The van der Waals surface area contributed by atoms with Gasteiger partial charge in [-0.25, -0.2) is 0 Å². The molecule has 0 aliphatic heterocycles. The minimum absolute atomic E-state index is 0.0138. The fourth-order valence-corrected chi connectivity index (χ4v) is 2.45. The summed E-state index contributed by atoms with van der Waals surface area (Å²) < 4.78 is 0. The van der Waals surface area contributed by atoms with Crippen molar-refractivity contribution in [2.45, 2.75) is 58.5 Å². The molecule has 0 fully saturated rings. The molecule has 0 aliphatic rings. The highest BCUT2D eigenvalue weighted by molar-refractivity contribution is 5.72. The molecule has 0 unspecified atom stereocenters. The van der Waals surface area contributed by atoms with E-state index in [0.29, 0.717) is 19.4 Å². The minimum Gasteiger partial charge on any atom is -0.378 e. The highest BCUT2D eigenvalue weighted by Gasteiger charge is 2.21. The summed E-state index contributed by atoms with van der Waals surface area (Å²) in [6.45, 7) is 6.27. The summed E-state index contributed by atoms with van der Waals surface area (Å²) in [5.41, 5.74) is 1.16. The van der Waals surface area contributed by atoms with E-state index in [1.54, 1.807) is 0 Å². The van der Waals surface area contributed by atoms with Gasteiger partial charge in [-0.15, -0.1) is 0 Å². The molecule has 120 valence electrons. The molecule has 1 aromatic carbocycles. The quantitative estimate of drug-likeness (QED) is 0.761. The van der Waals surface area contributed by atoms with E-state index in [9.17, 15) is 9.90 Å². The van der Waals surface area contributed by atoms with Crippen LogP contribution in [0.3, 0.4) is 0 Å². The summed E-state index contributed by atoms with van der Waals surface area (Å²) in [4.78, 5) is 10.9. The largest absolute Gasteiger partial charge is 0.378 e. The van der Waals surface area contributed by atoms with Crippen molar-refractivity contribution < 1.29 is 9.90 Å². The Bertz CT molecular complexity index is 534. The van der Waals surface area contributed by atoms with Gasteiger partial charge in [0.15, 0.2) is 0 Å². The van der Waals surface area contributed by atoms with Crippen LogP contribution in [-0.4, -0.2) is 23.2 Å². The third-order valence-electron chi connectivity index (χ3n) is 3.48. The lowest BCUT2D eigenvalue weighted by Gasteiger charge is -2.20. The molecule has 2 N–H and O–H groups in total. The van der Waals surface area contributed by atoms with E-state index in [0.717, 1.165) is 30.4 Å². The molecule has 0 heterocycles. The summed E-state index contributed by atoms with van der Waals surface area (Å²) in [6.07, 6.45) is 4.03. The van der Waals surface area contributed by atoms with Gasteiger partial charge in [0.25, 0.3) is 0 Å². The summed E-state index contributed by atoms with van der Waals surface area (Å²) in [7, 11) is 0. The Hall–Kier alpha value is -1.79. The molecule has 0 bridgehead atoms. The predicted molar refractivity (Wildman–Crippen MR) is 90.5 cm³/mol. The van der Waals surface area contributed by atoms with Gasteiger partial charge < -0.3 is 10.4 Å². The number of amides is 1. The first-order valence-electron chi connectivity index (χ1n) is 8.08. The van der Waals surface area contributed by atoms with E-state index in [-0.39, 0.29) is 5.91 Å². The highest BCUT2D eigenvalue weighted by Crippen LogP contribution is 2.18. The van der Waals surface area contributed by atoms with Crippen molar-refractivity contribution >= 4 is 5.91 Å². The molecular weight excluding hydrogens is 274 g/mol. The lowest BCUT2D eigenvalue weighted by Crippen LogP contribution is -2.25. The maximum absolute atomic E-state index is 10.9. The molecule has 3 heteroatoms. The van der Waals surface area contributed by atoms with Crippen LogP contribution >= 0.6 is 0 Å². The SMILES string of the molecule is CCCC(O)(C#Cc1cccc(CCNC(C)=O)c1)CCC. The standard InChI is InChI=1S/C19H27NO2/c1-4-11-19(22,12-5-2)13-9-17-7-6-8-18(15-17)10-14-20-16(3)21/h6-8,15,22H,4-5,10-12,14H2,1-3H3,(H,20,21). The van der Waals surface area contributed by atoms with E-state index in [1.807, 2.05) is 24.3 Å². The Morgan fingerprint density at radius 1 is 1.27 bits per heavy atom. The number of hydrogen-bond acceptors (Lipinski definition) is 2. The average Bonchev–Trinajstić information content (AvgIpc) is 2.46. The van der Waals surface area contributed by atoms with Crippen LogP contribution in [0.25, 0.3) is 0 Å². The fraction of sp³-hybridized carbons (Fsp3) is 0.526. The molecule has 0 radical (unpaired) electrons. The summed E-state index contributed by atoms with van der Waals surface area (Å²) in [5, 5.41) is 13.3. The van der Waals surface area contributed by atoms with Crippen LogP contribution in [0, 0.1) is 11.8 Å². The van der Waals surface area contributed by atoms with E-state index >= 15 is 0 Å². The molecule has 0 aliphatic carbocycles. The van der Waals surface area contributed by atoms with E-state index in [2.05, 4.69) is 31.0 Å². The van der Waals surface area contributed by atoms with Crippen LogP contribution in [0.15, 0.2) is 24.3 Å². The van der Waals surface area contributed by atoms with Gasteiger partial charge in [0.05, 0.1) is 0 Å². The van der Waals surface area contributed by atoms with Gasteiger partial charge in [-0.05, 0) is 37.0 Å². The topological polar surface area (TPSA) is 49.3 Å². The van der Waals surface area contributed by atoms with E-state index < -0.39 is 5.60 Å². The second-order valence-electron chi connectivity index (χ2n) is 5.71.